The van der Waals surface area contributed by atoms with E-state index in [0.29, 0.717) is 25.9 Å². The van der Waals surface area contributed by atoms with Gasteiger partial charge in [0.2, 0.25) is 0 Å². The van der Waals surface area contributed by atoms with Crippen LogP contribution in [0.2, 0.25) is 0 Å². The lowest BCUT2D eigenvalue weighted by Crippen LogP contribution is -2.39. The second-order valence-corrected chi connectivity index (χ2v) is 5.55. The molecule has 0 saturated carbocycles. The maximum Gasteiger partial charge on any atom is 0.433 e. The number of nitriles is 1. The van der Waals surface area contributed by atoms with Crippen molar-refractivity contribution in [3.63, 3.8) is 0 Å². The van der Waals surface area contributed by atoms with Gasteiger partial charge in [0.15, 0.2) is 0 Å². The Labute approximate surface area is 127 Å². The van der Waals surface area contributed by atoms with E-state index >= 15 is 0 Å². The molecule has 0 bridgehead atoms. The van der Waals surface area contributed by atoms with Gasteiger partial charge in [-0.15, -0.1) is 0 Å². The Morgan fingerprint density at radius 2 is 1.95 bits per heavy atom. The molecule has 2 rings (SSSR count). The Morgan fingerprint density at radius 3 is 2.45 bits per heavy atom. The normalized spacial score (nSPS) is 16.9. The molecular formula is C15H18F3N3O. The van der Waals surface area contributed by atoms with Crippen molar-refractivity contribution >= 4 is 5.82 Å². The zero-order valence-corrected chi connectivity index (χ0v) is 12.5. The van der Waals surface area contributed by atoms with E-state index in [1.165, 1.54) is 6.07 Å². The number of hydrogen-bond donors (Lipinski definition) is 0. The number of anilines is 1. The molecule has 1 aromatic heterocycles. The Morgan fingerprint density at radius 1 is 1.32 bits per heavy atom. The third-order valence-corrected chi connectivity index (χ3v) is 3.49. The lowest BCUT2D eigenvalue weighted by Gasteiger charge is -2.34. The molecule has 0 aromatic carbocycles. The average Bonchev–Trinajstić information content (AvgIpc) is 2.46. The third-order valence-electron chi connectivity index (χ3n) is 3.49. The lowest BCUT2D eigenvalue weighted by atomic mass is 10.1. The highest BCUT2D eigenvalue weighted by Gasteiger charge is 2.34. The highest BCUT2D eigenvalue weighted by molar-refractivity contribution is 5.54. The number of nitrogens with zero attached hydrogens (tertiary/aromatic N) is 3. The van der Waals surface area contributed by atoms with Crippen molar-refractivity contribution < 1.29 is 17.9 Å². The van der Waals surface area contributed by atoms with Gasteiger partial charge in [0, 0.05) is 13.1 Å². The molecule has 2 heterocycles. The average molecular weight is 313 g/mol. The van der Waals surface area contributed by atoms with Crippen molar-refractivity contribution in [3.8, 4) is 6.07 Å². The molecule has 0 atom stereocenters. The van der Waals surface area contributed by atoms with Crippen LogP contribution >= 0.6 is 0 Å². The van der Waals surface area contributed by atoms with E-state index < -0.39 is 11.9 Å². The quantitative estimate of drug-likeness (QED) is 0.858. The predicted molar refractivity (Wildman–Crippen MR) is 75.4 cm³/mol. The molecule has 0 spiro atoms. The molecule has 120 valence electrons. The van der Waals surface area contributed by atoms with Crippen LogP contribution in [0.25, 0.3) is 0 Å². The molecule has 1 aliphatic heterocycles. The first kappa shape index (κ1) is 16.6. The fraction of sp³-hybridized carbons (Fsp3) is 0.600. The van der Waals surface area contributed by atoms with Gasteiger partial charge in [0.1, 0.15) is 17.6 Å². The second kappa shape index (κ2) is 6.53. The van der Waals surface area contributed by atoms with Crippen molar-refractivity contribution in [1.29, 1.82) is 5.26 Å². The molecule has 1 fully saturated rings. The van der Waals surface area contributed by atoms with Crippen LogP contribution in [-0.4, -0.2) is 30.3 Å². The summed E-state index contributed by atoms with van der Waals surface area (Å²) in [6.45, 7) is 4.96. The number of piperidine rings is 1. The molecule has 1 saturated heterocycles. The van der Waals surface area contributed by atoms with E-state index in [1.807, 2.05) is 19.9 Å². The summed E-state index contributed by atoms with van der Waals surface area (Å²) in [6, 6.07) is 3.94. The molecule has 0 aliphatic carbocycles. The van der Waals surface area contributed by atoms with Crippen molar-refractivity contribution in [2.24, 2.45) is 0 Å². The van der Waals surface area contributed by atoms with Crippen LogP contribution in [0, 0.1) is 11.3 Å². The highest BCUT2D eigenvalue weighted by Crippen LogP contribution is 2.31. The monoisotopic (exact) mass is 313 g/mol. The van der Waals surface area contributed by atoms with Crippen molar-refractivity contribution in [3.05, 3.63) is 23.4 Å². The molecule has 22 heavy (non-hydrogen) atoms. The fourth-order valence-corrected chi connectivity index (χ4v) is 2.52. The third kappa shape index (κ3) is 3.89. The van der Waals surface area contributed by atoms with E-state index in [2.05, 4.69) is 4.98 Å². The standard InChI is InChI=1S/C15H18F3N3O/c1-10(2)22-12-5-7-21(8-6-12)14-11(9-19)3-4-13(20-14)15(16,17)18/h3-4,10,12H,5-8H2,1-2H3. The maximum atomic E-state index is 12.8. The molecule has 1 aliphatic rings. The Balaban J connectivity index is 2.17. The predicted octanol–water partition coefficient (Wildman–Crippen LogP) is 3.37. The Bertz CT molecular complexity index is 558. The van der Waals surface area contributed by atoms with E-state index in [4.69, 9.17) is 10.00 Å². The van der Waals surface area contributed by atoms with Crippen molar-refractivity contribution in [2.45, 2.75) is 45.1 Å². The number of alkyl halides is 3. The van der Waals surface area contributed by atoms with Crippen LogP contribution < -0.4 is 4.90 Å². The molecule has 0 N–H and O–H groups in total. The Kier molecular flexibility index (Phi) is 4.91. The first-order valence-electron chi connectivity index (χ1n) is 7.20. The first-order chi connectivity index (χ1) is 10.3. The zero-order chi connectivity index (χ0) is 16.3. The SMILES string of the molecule is CC(C)OC1CCN(c2nc(C(F)(F)F)ccc2C#N)CC1. The minimum Gasteiger partial charge on any atom is -0.375 e. The molecule has 0 radical (unpaired) electrons. The smallest absolute Gasteiger partial charge is 0.375 e. The highest BCUT2D eigenvalue weighted by atomic mass is 19.4. The summed E-state index contributed by atoms with van der Waals surface area (Å²) in [5, 5.41) is 9.09. The molecule has 0 amide bonds. The summed E-state index contributed by atoms with van der Waals surface area (Å²) in [7, 11) is 0. The summed E-state index contributed by atoms with van der Waals surface area (Å²) in [6.07, 6.45) is -2.87. The summed E-state index contributed by atoms with van der Waals surface area (Å²) in [5.41, 5.74) is -0.807. The Hall–Kier alpha value is -1.81. The van der Waals surface area contributed by atoms with Gasteiger partial charge in [-0.1, -0.05) is 0 Å². The second-order valence-electron chi connectivity index (χ2n) is 5.55. The van der Waals surface area contributed by atoms with Crippen LogP contribution in [-0.2, 0) is 10.9 Å². The number of hydrogen-bond acceptors (Lipinski definition) is 4. The summed E-state index contributed by atoms with van der Waals surface area (Å²) in [4.78, 5) is 5.39. The van der Waals surface area contributed by atoms with Crippen LogP contribution in [0.3, 0.4) is 0 Å². The summed E-state index contributed by atoms with van der Waals surface area (Å²) < 4.78 is 44.1. The molecule has 4 nitrogen and oxygen atoms in total. The summed E-state index contributed by atoms with van der Waals surface area (Å²) in [5.74, 6) is 0.111. The van der Waals surface area contributed by atoms with Gasteiger partial charge in [0.25, 0.3) is 0 Å². The van der Waals surface area contributed by atoms with Crippen LogP contribution in [0.15, 0.2) is 12.1 Å². The van der Waals surface area contributed by atoms with E-state index in [9.17, 15) is 13.2 Å². The van der Waals surface area contributed by atoms with E-state index in [0.717, 1.165) is 6.07 Å². The molecular weight excluding hydrogens is 295 g/mol. The van der Waals surface area contributed by atoms with E-state index in [-0.39, 0.29) is 23.6 Å². The van der Waals surface area contributed by atoms with Crippen LogP contribution in [0.1, 0.15) is 37.9 Å². The van der Waals surface area contributed by atoms with Gasteiger partial charge in [-0.05, 0) is 38.8 Å². The minimum atomic E-state index is -4.51. The summed E-state index contributed by atoms with van der Waals surface area (Å²) >= 11 is 0. The van der Waals surface area contributed by atoms with Gasteiger partial charge in [-0.25, -0.2) is 4.98 Å². The van der Waals surface area contributed by atoms with Gasteiger partial charge < -0.3 is 9.64 Å². The number of halogens is 3. The van der Waals surface area contributed by atoms with E-state index in [1.54, 1.807) is 4.90 Å². The molecule has 7 heteroatoms. The van der Waals surface area contributed by atoms with Gasteiger partial charge in [-0.3, -0.25) is 0 Å². The number of pyridine rings is 1. The topological polar surface area (TPSA) is 49.1 Å². The molecule has 1 aromatic rings. The fourth-order valence-electron chi connectivity index (χ4n) is 2.52. The number of aromatic nitrogens is 1. The van der Waals surface area contributed by atoms with Gasteiger partial charge in [0.05, 0.1) is 17.8 Å². The first-order valence-corrected chi connectivity index (χ1v) is 7.20. The van der Waals surface area contributed by atoms with Gasteiger partial charge >= 0.3 is 6.18 Å². The van der Waals surface area contributed by atoms with Crippen LogP contribution in [0.5, 0.6) is 0 Å². The number of rotatable bonds is 3. The number of ether oxygens (including phenoxy) is 1. The van der Waals surface area contributed by atoms with Crippen LogP contribution in [0.4, 0.5) is 19.0 Å². The minimum absolute atomic E-state index is 0.104. The largest absolute Gasteiger partial charge is 0.433 e. The van der Waals surface area contributed by atoms with Crippen molar-refractivity contribution in [1.82, 2.24) is 4.98 Å². The lowest BCUT2D eigenvalue weighted by molar-refractivity contribution is -0.141. The zero-order valence-electron chi connectivity index (χ0n) is 12.5. The van der Waals surface area contributed by atoms with Gasteiger partial charge in [-0.2, -0.15) is 18.4 Å². The van der Waals surface area contributed by atoms with Crippen molar-refractivity contribution in [2.75, 3.05) is 18.0 Å². The molecule has 0 unspecified atom stereocenters. The maximum absolute atomic E-state index is 12.8.